The minimum absolute atomic E-state index is 0.254. The zero-order chi connectivity index (χ0) is 28.4. The van der Waals surface area contributed by atoms with Crippen LogP contribution < -0.4 is 15.1 Å². The molecule has 4 amide bonds. The highest BCUT2D eigenvalue weighted by atomic mass is 19.4. The number of fused-ring (bicyclic) bond motifs is 1. The van der Waals surface area contributed by atoms with E-state index in [0.717, 1.165) is 11.8 Å². The van der Waals surface area contributed by atoms with Crippen molar-refractivity contribution in [1.82, 2.24) is 10.2 Å². The third-order valence-corrected chi connectivity index (χ3v) is 5.99. The van der Waals surface area contributed by atoms with Crippen LogP contribution in [-0.2, 0) is 9.59 Å². The van der Waals surface area contributed by atoms with Gasteiger partial charge in [-0.3, -0.25) is 19.3 Å². The van der Waals surface area contributed by atoms with Crippen molar-refractivity contribution >= 4 is 35.2 Å². The summed E-state index contributed by atoms with van der Waals surface area (Å²) in [6, 6.07) is 10.8. The number of halogens is 5. The molecule has 204 valence electrons. The maximum atomic E-state index is 13.6. The number of alkyl halides is 5. The molecule has 1 aliphatic rings. The van der Waals surface area contributed by atoms with Gasteiger partial charge in [0.1, 0.15) is 12.1 Å². The highest BCUT2D eigenvalue weighted by molar-refractivity contribution is 6.12. The number of benzene rings is 2. The molecule has 2 aromatic carbocycles. The van der Waals surface area contributed by atoms with Crippen molar-refractivity contribution in [2.24, 2.45) is 0 Å². The molecule has 0 saturated carbocycles. The summed E-state index contributed by atoms with van der Waals surface area (Å²) in [6.45, 7) is -1.95. The second-order valence-electron chi connectivity index (χ2n) is 8.52. The standard InChI is InChI=1S/C24H23F5N4O5/c1-14(33(22(37)38)13-23(25,26)24(27,28)29)19(34)30-16-12-32(20(35)15-8-4-3-5-9-15)18-11-7-6-10-17(18)31(2)21(16)36/h3-11,14,16H,12-13H2,1-2H3,(H,30,34)(H,37,38)/t14-,16-/m0/s1. The predicted octanol–water partition coefficient (Wildman–Crippen LogP) is 3.36. The predicted molar refractivity (Wildman–Crippen MR) is 125 cm³/mol. The molecule has 0 unspecified atom stereocenters. The van der Waals surface area contributed by atoms with Gasteiger partial charge in [-0.15, -0.1) is 0 Å². The molecule has 2 N–H and O–H groups in total. The van der Waals surface area contributed by atoms with Gasteiger partial charge < -0.3 is 20.2 Å². The number of amides is 4. The molecule has 0 spiro atoms. The number of carboxylic acid groups (broad SMARTS) is 1. The van der Waals surface area contributed by atoms with E-state index in [-0.39, 0.29) is 10.5 Å². The van der Waals surface area contributed by atoms with Gasteiger partial charge in [-0.1, -0.05) is 30.3 Å². The van der Waals surface area contributed by atoms with Gasteiger partial charge in [0.05, 0.1) is 24.5 Å². The Bertz CT molecular complexity index is 1220. The molecule has 0 fully saturated rings. The maximum absolute atomic E-state index is 13.6. The van der Waals surface area contributed by atoms with E-state index in [2.05, 4.69) is 5.32 Å². The van der Waals surface area contributed by atoms with E-state index >= 15 is 0 Å². The van der Waals surface area contributed by atoms with Crippen molar-refractivity contribution in [1.29, 1.82) is 0 Å². The van der Waals surface area contributed by atoms with Crippen LogP contribution in [0.5, 0.6) is 0 Å². The lowest BCUT2D eigenvalue weighted by molar-refractivity contribution is -0.285. The van der Waals surface area contributed by atoms with Gasteiger partial charge in [0.25, 0.3) is 11.8 Å². The molecule has 0 bridgehead atoms. The number of nitrogens with one attached hydrogen (secondary N) is 1. The van der Waals surface area contributed by atoms with Crippen LogP contribution in [0.15, 0.2) is 54.6 Å². The van der Waals surface area contributed by atoms with Crippen molar-refractivity contribution in [2.45, 2.75) is 31.1 Å². The Morgan fingerprint density at radius 2 is 1.58 bits per heavy atom. The Morgan fingerprint density at radius 3 is 2.13 bits per heavy atom. The molecule has 2 atom stereocenters. The second-order valence-corrected chi connectivity index (χ2v) is 8.52. The average Bonchev–Trinajstić information content (AvgIpc) is 2.96. The van der Waals surface area contributed by atoms with Crippen molar-refractivity contribution in [3.8, 4) is 0 Å². The van der Waals surface area contributed by atoms with Gasteiger partial charge in [0.2, 0.25) is 5.91 Å². The Labute approximate surface area is 213 Å². The summed E-state index contributed by atoms with van der Waals surface area (Å²) in [5.74, 6) is -8.01. The normalized spacial score (nSPS) is 16.8. The topological polar surface area (TPSA) is 110 Å². The number of hydrogen-bond donors (Lipinski definition) is 2. The summed E-state index contributed by atoms with van der Waals surface area (Å²) >= 11 is 0. The first-order valence-electron chi connectivity index (χ1n) is 11.1. The fourth-order valence-corrected chi connectivity index (χ4v) is 3.83. The van der Waals surface area contributed by atoms with Crippen LogP contribution in [0.2, 0.25) is 0 Å². The fourth-order valence-electron chi connectivity index (χ4n) is 3.83. The molecular weight excluding hydrogens is 519 g/mol. The molecule has 14 heteroatoms. The Morgan fingerprint density at radius 1 is 1.03 bits per heavy atom. The molecule has 0 saturated heterocycles. The SMILES string of the molecule is C[C@@H](C(=O)N[C@H]1CN(C(=O)c2ccccc2)c2ccccc2N(C)C1=O)N(CC(F)(F)C(F)(F)F)C(=O)O. The van der Waals surface area contributed by atoms with Gasteiger partial charge in [-0.05, 0) is 31.2 Å². The molecule has 0 aliphatic carbocycles. The van der Waals surface area contributed by atoms with E-state index in [1.807, 2.05) is 0 Å². The minimum atomic E-state index is -6.05. The van der Waals surface area contributed by atoms with Crippen LogP contribution in [-0.4, -0.2) is 78.1 Å². The van der Waals surface area contributed by atoms with Crippen LogP contribution in [0.25, 0.3) is 0 Å². The summed E-state index contributed by atoms with van der Waals surface area (Å²) in [5, 5.41) is 11.5. The van der Waals surface area contributed by atoms with Crippen LogP contribution in [0, 0.1) is 0 Å². The highest BCUT2D eigenvalue weighted by Crippen LogP contribution is 2.36. The maximum Gasteiger partial charge on any atom is 0.455 e. The monoisotopic (exact) mass is 542 g/mol. The van der Waals surface area contributed by atoms with Crippen molar-refractivity contribution in [2.75, 3.05) is 29.9 Å². The van der Waals surface area contributed by atoms with Crippen molar-refractivity contribution < 1.29 is 46.2 Å². The first kappa shape index (κ1) is 28.3. The molecular formula is C24H23F5N4O5. The number of hydrogen-bond acceptors (Lipinski definition) is 4. The molecule has 0 aromatic heterocycles. The highest BCUT2D eigenvalue weighted by Gasteiger charge is 2.59. The average molecular weight is 542 g/mol. The smallest absolute Gasteiger partial charge is 0.455 e. The molecule has 2 aromatic rings. The van der Waals surface area contributed by atoms with E-state index in [1.165, 1.54) is 24.1 Å². The minimum Gasteiger partial charge on any atom is -0.465 e. The van der Waals surface area contributed by atoms with Crippen LogP contribution >= 0.6 is 0 Å². The molecule has 38 heavy (non-hydrogen) atoms. The molecule has 3 rings (SSSR count). The number of carbonyl (C=O) groups excluding carboxylic acids is 3. The van der Waals surface area contributed by atoms with Crippen LogP contribution in [0.1, 0.15) is 17.3 Å². The Kier molecular flexibility index (Phi) is 7.93. The summed E-state index contributed by atoms with van der Waals surface area (Å²) in [5.41, 5.74) is 0.881. The Hall–Kier alpha value is -4.23. The molecule has 0 radical (unpaired) electrons. The van der Waals surface area contributed by atoms with Gasteiger partial charge >= 0.3 is 18.2 Å². The van der Waals surface area contributed by atoms with E-state index in [0.29, 0.717) is 11.4 Å². The zero-order valence-corrected chi connectivity index (χ0v) is 20.1. The van der Waals surface area contributed by atoms with Crippen LogP contribution in [0.4, 0.5) is 38.1 Å². The number of likely N-dealkylation sites (N-methyl/N-ethyl adjacent to an activating group) is 1. The fraction of sp³-hybridized carbons (Fsp3) is 0.333. The lowest BCUT2D eigenvalue weighted by Gasteiger charge is -2.31. The number of carbonyl (C=O) groups is 4. The Balaban J connectivity index is 1.91. The number of nitrogens with zero attached hydrogens (tertiary/aromatic N) is 3. The summed E-state index contributed by atoms with van der Waals surface area (Å²) in [4.78, 5) is 52.9. The third kappa shape index (κ3) is 5.68. The number of anilines is 2. The third-order valence-electron chi connectivity index (χ3n) is 5.99. The van der Waals surface area contributed by atoms with Gasteiger partial charge in [0, 0.05) is 12.6 Å². The van der Waals surface area contributed by atoms with E-state index in [9.17, 15) is 46.2 Å². The van der Waals surface area contributed by atoms with E-state index in [4.69, 9.17) is 0 Å². The molecule has 9 nitrogen and oxygen atoms in total. The van der Waals surface area contributed by atoms with E-state index < -0.39 is 61.1 Å². The summed E-state index contributed by atoms with van der Waals surface area (Å²) in [7, 11) is 1.37. The number of para-hydroxylation sites is 2. The summed E-state index contributed by atoms with van der Waals surface area (Å²) in [6.07, 6.45) is -8.25. The van der Waals surface area contributed by atoms with Gasteiger partial charge in [0.15, 0.2) is 0 Å². The second kappa shape index (κ2) is 10.6. The van der Waals surface area contributed by atoms with E-state index in [1.54, 1.807) is 42.5 Å². The quantitative estimate of drug-likeness (QED) is 0.544. The molecule has 1 heterocycles. The lowest BCUT2D eigenvalue weighted by atomic mass is 10.1. The number of rotatable bonds is 6. The first-order valence-corrected chi connectivity index (χ1v) is 11.1. The lowest BCUT2D eigenvalue weighted by Crippen LogP contribution is -2.59. The molecule has 1 aliphatic heterocycles. The first-order chi connectivity index (χ1) is 17.7. The van der Waals surface area contributed by atoms with Crippen molar-refractivity contribution in [3.05, 3.63) is 60.2 Å². The summed E-state index contributed by atoms with van der Waals surface area (Å²) < 4.78 is 65.1. The van der Waals surface area contributed by atoms with Gasteiger partial charge in [-0.2, -0.15) is 22.0 Å². The largest absolute Gasteiger partial charge is 0.465 e. The van der Waals surface area contributed by atoms with Crippen molar-refractivity contribution in [3.63, 3.8) is 0 Å². The van der Waals surface area contributed by atoms with Crippen LogP contribution in [0.3, 0.4) is 0 Å². The zero-order valence-electron chi connectivity index (χ0n) is 20.1. The van der Waals surface area contributed by atoms with Gasteiger partial charge in [-0.25, -0.2) is 4.79 Å².